The fourth-order valence-electron chi connectivity index (χ4n) is 2.37. The maximum atomic E-state index is 11.0. The molecule has 0 atom stereocenters. The van der Waals surface area contributed by atoms with Gasteiger partial charge < -0.3 is 33.8 Å². The Labute approximate surface area is 157 Å². The standard InChI is InChI=1S/C18H23O8P/c1-11(2)14-7-12(5-6-15(14)19)26-18-16(23-3)8-13(9-17(18)24-4)25-10-27(20,21)22/h5-9,11,19H,10H2,1-4H3,(H2,20,21,22). The van der Waals surface area contributed by atoms with Gasteiger partial charge in [0.2, 0.25) is 5.75 Å². The van der Waals surface area contributed by atoms with E-state index in [-0.39, 0.29) is 34.7 Å². The third kappa shape index (κ3) is 5.53. The van der Waals surface area contributed by atoms with E-state index < -0.39 is 13.9 Å². The minimum atomic E-state index is -4.32. The summed E-state index contributed by atoms with van der Waals surface area (Å²) in [6, 6.07) is 7.76. The van der Waals surface area contributed by atoms with Gasteiger partial charge in [-0.1, -0.05) is 13.8 Å². The summed E-state index contributed by atoms with van der Waals surface area (Å²) in [6.07, 6.45) is -0.769. The summed E-state index contributed by atoms with van der Waals surface area (Å²) in [5, 5.41) is 9.95. The summed E-state index contributed by atoms with van der Waals surface area (Å²) in [5.74, 6) is 1.69. The first-order valence-corrected chi connectivity index (χ1v) is 9.88. The van der Waals surface area contributed by atoms with Crippen molar-refractivity contribution in [3.8, 4) is 34.5 Å². The van der Waals surface area contributed by atoms with Crippen LogP contribution in [0.15, 0.2) is 30.3 Å². The normalized spacial score (nSPS) is 11.4. The van der Waals surface area contributed by atoms with Crippen LogP contribution in [0.25, 0.3) is 0 Å². The molecule has 0 saturated heterocycles. The Bertz CT molecular complexity index is 818. The molecule has 0 aliphatic heterocycles. The van der Waals surface area contributed by atoms with Crippen LogP contribution in [0.4, 0.5) is 0 Å². The van der Waals surface area contributed by atoms with Gasteiger partial charge >= 0.3 is 7.60 Å². The lowest BCUT2D eigenvalue weighted by molar-refractivity contribution is 0.295. The zero-order valence-corrected chi connectivity index (χ0v) is 16.4. The van der Waals surface area contributed by atoms with Gasteiger partial charge in [0.05, 0.1) is 14.2 Å². The second kappa shape index (κ2) is 8.52. The minimum Gasteiger partial charge on any atom is -0.508 e. The molecule has 2 aromatic rings. The second-order valence-corrected chi connectivity index (χ2v) is 7.66. The number of hydrogen-bond donors (Lipinski definition) is 3. The Hall–Kier alpha value is -2.41. The van der Waals surface area contributed by atoms with Crippen molar-refractivity contribution in [3.63, 3.8) is 0 Å². The first-order valence-electron chi connectivity index (χ1n) is 8.08. The molecule has 0 heterocycles. The second-order valence-electron chi connectivity index (χ2n) is 6.07. The van der Waals surface area contributed by atoms with Crippen molar-refractivity contribution in [1.82, 2.24) is 0 Å². The van der Waals surface area contributed by atoms with Gasteiger partial charge in [-0.15, -0.1) is 0 Å². The largest absolute Gasteiger partial charge is 0.508 e. The van der Waals surface area contributed by atoms with E-state index in [2.05, 4.69) is 0 Å². The van der Waals surface area contributed by atoms with Crippen molar-refractivity contribution in [2.24, 2.45) is 0 Å². The molecule has 0 radical (unpaired) electrons. The molecule has 0 aliphatic carbocycles. The number of rotatable bonds is 8. The third-order valence-electron chi connectivity index (χ3n) is 3.67. The molecule has 0 fully saturated rings. The quantitative estimate of drug-likeness (QED) is 0.575. The number of ether oxygens (including phenoxy) is 4. The molecular weight excluding hydrogens is 375 g/mol. The van der Waals surface area contributed by atoms with E-state index in [1.54, 1.807) is 18.2 Å². The van der Waals surface area contributed by atoms with E-state index in [9.17, 15) is 9.67 Å². The third-order valence-corrected chi connectivity index (χ3v) is 4.14. The van der Waals surface area contributed by atoms with Crippen LogP contribution in [0, 0.1) is 0 Å². The average Bonchev–Trinajstić information content (AvgIpc) is 2.61. The molecule has 0 spiro atoms. The lowest BCUT2D eigenvalue weighted by atomic mass is 10.0. The van der Waals surface area contributed by atoms with Gasteiger partial charge in [-0.25, -0.2) is 0 Å². The molecule has 27 heavy (non-hydrogen) atoms. The van der Waals surface area contributed by atoms with E-state index in [1.165, 1.54) is 26.4 Å². The maximum Gasteiger partial charge on any atom is 0.362 e. The SMILES string of the molecule is COc1cc(OCP(=O)(O)O)cc(OC)c1Oc1ccc(O)c(C(C)C)c1. The summed E-state index contributed by atoms with van der Waals surface area (Å²) < 4.78 is 32.6. The zero-order chi connectivity index (χ0) is 20.2. The molecule has 0 bridgehead atoms. The molecule has 0 unspecified atom stereocenters. The highest BCUT2D eigenvalue weighted by atomic mass is 31.2. The molecule has 0 aliphatic rings. The molecule has 148 valence electrons. The molecular formula is C18H23O8P. The van der Waals surface area contributed by atoms with Crippen LogP contribution < -0.4 is 18.9 Å². The van der Waals surface area contributed by atoms with Crippen molar-refractivity contribution >= 4 is 7.60 Å². The van der Waals surface area contributed by atoms with Crippen LogP contribution in [-0.4, -0.2) is 35.5 Å². The number of aromatic hydroxyl groups is 1. The van der Waals surface area contributed by atoms with E-state index >= 15 is 0 Å². The van der Waals surface area contributed by atoms with Gasteiger partial charge in [0.1, 0.15) is 17.2 Å². The Kier molecular flexibility index (Phi) is 6.59. The van der Waals surface area contributed by atoms with Gasteiger partial charge in [-0.3, -0.25) is 4.57 Å². The van der Waals surface area contributed by atoms with Gasteiger partial charge in [-0.2, -0.15) is 0 Å². The molecule has 8 nitrogen and oxygen atoms in total. The Morgan fingerprint density at radius 3 is 2.07 bits per heavy atom. The minimum absolute atomic E-state index is 0.0979. The highest BCUT2D eigenvalue weighted by molar-refractivity contribution is 7.51. The zero-order valence-electron chi connectivity index (χ0n) is 15.5. The average molecular weight is 398 g/mol. The summed E-state index contributed by atoms with van der Waals surface area (Å²) in [4.78, 5) is 17.9. The molecule has 2 rings (SSSR count). The lowest BCUT2D eigenvalue weighted by Gasteiger charge is -2.17. The predicted octanol–water partition coefficient (Wildman–Crippen LogP) is 3.84. The molecule has 0 saturated carbocycles. The topological polar surface area (TPSA) is 115 Å². The van der Waals surface area contributed by atoms with E-state index in [1.807, 2.05) is 13.8 Å². The van der Waals surface area contributed by atoms with Crippen molar-refractivity contribution in [2.75, 3.05) is 20.6 Å². The van der Waals surface area contributed by atoms with E-state index in [0.717, 1.165) is 5.56 Å². The summed E-state index contributed by atoms with van der Waals surface area (Å²) in [7, 11) is -1.48. The van der Waals surface area contributed by atoms with Crippen LogP contribution in [0.3, 0.4) is 0 Å². The fraction of sp³-hybridized carbons (Fsp3) is 0.333. The van der Waals surface area contributed by atoms with Gasteiger partial charge in [0, 0.05) is 17.7 Å². The van der Waals surface area contributed by atoms with Crippen molar-refractivity contribution in [3.05, 3.63) is 35.9 Å². The first kappa shape index (κ1) is 20.9. The first-order chi connectivity index (χ1) is 12.6. The molecule has 0 amide bonds. The van der Waals surface area contributed by atoms with Gasteiger partial charge in [-0.05, 0) is 24.1 Å². The number of hydrogen-bond acceptors (Lipinski definition) is 6. The monoisotopic (exact) mass is 398 g/mol. The summed E-state index contributed by atoms with van der Waals surface area (Å²) >= 11 is 0. The van der Waals surface area contributed by atoms with Crippen LogP contribution in [-0.2, 0) is 4.57 Å². The van der Waals surface area contributed by atoms with E-state index in [4.69, 9.17) is 28.7 Å². The van der Waals surface area contributed by atoms with Crippen LogP contribution in [0.1, 0.15) is 25.3 Å². The lowest BCUT2D eigenvalue weighted by Crippen LogP contribution is -2.01. The number of benzene rings is 2. The van der Waals surface area contributed by atoms with Crippen molar-refractivity contribution in [2.45, 2.75) is 19.8 Å². The van der Waals surface area contributed by atoms with Gasteiger partial charge in [0.25, 0.3) is 0 Å². The van der Waals surface area contributed by atoms with Crippen LogP contribution in [0.2, 0.25) is 0 Å². The van der Waals surface area contributed by atoms with Crippen LogP contribution in [0.5, 0.6) is 34.5 Å². The number of methoxy groups -OCH3 is 2. The van der Waals surface area contributed by atoms with Gasteiger partial charge in [0.15, 0.2) is 17.8 Å². The van der Waals surface area contributed by atoms with Crippen molar-refractivity contribution in [1.29, 1.82) is 0 Å². The highest BCUT2D eigenvalue weighted by Gasteiger charge is 2.19. The summed E-state index contributed by atoms with van der Waals surface area (Å²) in [5.41, 5.74) is 0.729. The predicted molar refractivity (Wildman–Crippen MR) is 99.4 cm³/mol. The Morgan fingerprint density at radius 1 is 1.00 bits per heavy atom. The number of phenolic OH excluding ortho intramolecular Hbond substituents is 1. The highest BCUT2D eigenvalue weighted by Crippen LogP contribution is 2.45. The van der Waals surface area contributed by atoms with E-state index in [0.29, 0.717) is 5.75 Å². The fourth-order valence-corrected chi connectivity index (χ4v) is 2.69. The molecule has 9 heteroatoms. The maximum absolute atomic E-state index is 11.0. The van der Waals surface area contributed by atoms with Crippen molar-refractivity contribution < 1.29 is 38.4 Å². The Morgan fingerprint density at radius 2 is 1.59 bits per heavy atom. The molecule has 3 N–H and O–H groups in total. The van der Waals surface area contributed by atoms with Crippen LogP contribution >= 0.6 is 7.60 Å². The summed E-state index contributed by atoms with van der Waals surface area (Å²) in [6.45, 7) is 3.90. The molecule has 0 aromatic heterocycles. The number of phenols is 1. The Balaban J connectivity index is 2.38. The molecule has 2 aromatic carbocycles. The smallest absolute Gasteiger partial charge is 0.362 e.